The van der Waals surface area contributed by atoms with Crippen molar-refractivity contribution in [1.82, 2.24) is 10.3 Å². The van der Waals surface area contributed by atoms with Gasteiger partial charge in [-0.2, -0.15) is 0 Å². The van der Waals surface area contributed by atoms with E-state index in [0.717, 1.165) is 17.8 Å². The summed E-state index contributed by atoms with van der Waals surface area (Å²) in [6, 6.07) is 8.50. The van der Waals surface area contributed by atoms with E-state index in [1.165, 1.54) is 0 Å². The number of nitrogens with zero attached hydrogens (tertiary/aromatic N) is 1. The van der Waals surface area contributed by atoms with Gasteiger partial charge in [0, 0.05) is 13.6 Å². The number of nitrogens with one attached hydrogen (secondary N) is 2. The number of aromatic nitrogens is 1. The zero-order chi connectivity index (χ0) is 15.2. The number of pyridine rings is 1. The molecule has 0 saturated carbocycles. The van der Waals surface area contributed by atoms with Crippen LogP contribution in [0.5, 0.6) is 5.75 Å². The fraction of sp³-hybridized carbons (Fsp3) is 0.200. The number of rotatable bonds is 5. The molecule has 2 aromatic rings. The first-order chi connectivity index (χ1) is 10.1. The highest BCUT2D eigenvalue weighted by molar-refractivity contribution is 5.98. The SMILES string of the molecule is CNc1ncc(F)cc1C(=O)NCc1cccc(OC)c1. The van der Waals surface area contributed by atoms with E-state index in [1.54, 1.807) is 14.2 Å². The number of amides is 1. The second kappa shape index (κ2) is 6.69. The summed E-state index contributed by atoms with van der Waals surface area (Å²) in [5.41, 5.74) is 1.05. The van der Waals surface area contributed by atoms with Crippen molar-refractivity contribution in [2.75, 3.05) is 19.5 Å². The summed E-state index contributed by atoms with van der Waals surface area (Å²) in [4.78, 5) is 15.9. The average Bonchev–Trinajstić information content (AvgIpc) is 2.52. The number of hydrogen-bond acceptors (Lipinski definition) is 4. The highest BCUT2D eigenvalue weighted by Gasteiger charge is 2.13. The molecule has 0 aliphatic heterocycles. The lowest BCUT2D eigenvalue weighted by Gasteiger charge is -2.10. The number of carbonyl (C=O) groups excluding carboxylic acids is 1. The predicted molar refractivity (Wildman–Crippen MR) is 77.9 cm³/mol. The third-order valence-corrected chi connectivity index (χ3v) is 2.92. The molecule has 1 aromatic heterocycles. The van der Waals surface area contributed by atoms with Crippen molar-refractivity contribution in [2.45, 2.75) is 6.54 Å². The minimum Gasteiger partial charge on any atom is -0.497 e. The van der Waals surface area contributed by atoms with E-state index in [1.807, 2.05) is 24.3 Å². The molecule has 2 N–H and O–H groups in total. The molecule has 0 aliphatic rings. The van der Waals surface area contributed by atoms with Crippen LogP contribution in [0.3, 0.4) is 0 Å². The number of carbonyl (C=O) groups is 1. The van der Waals surface area contributed by atoms with Gasteiger partial charge in [-0.25, -0.2) is 9.37 Å². The van der Waals surface area contributed by atoms with Gasteiger partial charge < -0.3 is 15.4 Å². The third-order valence-electron chi connectivity index (χ3n) is 2.92. The van der Waals surface area contributed by atoms with Crippen molar-refractivity contribution in [3.8, 4) is 5.75 Å². The van der Waals surface area contributed by atoms with Gasteiger partial charge in [0.15, 0.2) is 0 Å². The Morgan fingerprint density at radius 1 is 1.38 bits per heavy atom. The fourth-order valence-electron chi connectivity index (χ4n) is 1.87. The molecule has 0 atom stereocenters. The monoisotopic (exact) mass is 289 g/mol. The van der Waals surface area contributed by atoms with Gasteiger partial charge in [-0.1, -0.05) is 12.1 Å². The molecule has 2 rings (SSSR count). The van der Waals surface area contributed by atoms with Gasteiger partial charge in [0.25, 0.3) is 5.91 Å². The summed E-state index contributed by atoms with van der Waals surface area (Å²) in [6.07, 6.45) is 1.06. The summed E-state index contributed by atoms with van der Waals surface area (Å²) < 4.78 is 18.3. The number of methoxy groups -OCH3 is 1. The normalized spacial score (nSPS) is 10.0. The number of anilines is 1. The first-order valence-electron chi connectivity index (χ1n) is 6.38. The molecule has 1 amide bonds. The standard InChI is InChI=1S/C15H16FN3O2/c1-17-14-13(7-11(16)9-18-14)15(20)19-8-10-4-3-5-12(6-10)21-2/h3-7,9H,8H2,1-2H3,(H,17,18)(H,19,20). The molecule has 0 radical (unpaired) electrons. The highest BCUT2D eigenvalue weighted by Crippen LogP contribution is 2.15. The number of ether oxygens (including phenoxy) is 1. The molecule has 0 fully saturated rings. The Labute approximate surface area is 122 Å². The molecular formula is C15H16FN3O2. The molecule has 6 heteroatoms. The van der Waals surface area contributed by atoms with Crippen molar-refractivity contribution in [3.05, 3.63) is 53.5 Å². The van der Waals surface area contributed by atoms with Crippen LogP contribution >= 0.6 is 0 Å². The molecule has 0 aliphatic carbocycles. The predicted octanol–water partition coefficient (Wildman–Crippen LogP) is 2.20. The molecule has 0 unspecified atom stereocenters. The Balaban J connectivity index is 2.09. The molecule has 21 heavy (non-hydrogen) atoms. The van der Waals surface area contributed by atoms with E-state index >= 15 is 0 Å². The maximum Gasteiger partial charge on any atom is 0.255 e. The van der Waals surface area contributed by atoms with Gasteiger partial charge in [-0.15, -0.1) is 0 Å². The van der Waals surface area contributed by atoms with Gasteiger partial charge in [-0.05, 0) is 23.8 Å². The largest absolute Gasteiger partial charge is 0.497 e. The van der Waals surface area contributed by atoms with Gasteiger partial charge in [0.2, 0.25) is 0 Å². The van der Waals surface area contributed by atoms with Crippen LogP contribution in [0.15, 0.2) is 36.5 Å². The lowest BCUT2D eigenvalue weighted by Crippen LogP contribution is -2.24. The quantitative estimate of drug-likeness (QED) is 0.885. The van der Waals surface area contributed by atoms with Crippen LogP contribution in [0.4, 0.5) is 10.2 Å². The Hall–Kier alpha value is -2.63. The molecule has 1 heterocycles. The van der Waals surface area contributed by atoms with Crippen molar-refractivity contribution < 1.29 is 13.9 Å². The van der Waals surface area contributed by atoms with Crippen LogP contribution in [0.2, 0.25) is 0 Å². The molecule has 5 nitrogen and oxygen atoms in total. The minimum atomic E-state index is -0.555. The zero-order valence-electron chi connectivity index (χ0n) is 11.8. The van der Waals surface area contributed by atoms with E-state index in [2.05, 4.69) is 15.6 Å². The second-order valence-electron chi connectivity index (χ2n) is 4.33. The highest BCUT2D eigenvalue weighted by atomic mass is 19.1. The van der Waals surface area contributed by atoms with E-state index in [-0.39, 0.29) is 5.56 Å². The number of halogens is 1. The molecule has 1 aromatic carbocycles. The zero-order valence-corrected chi connectivity index (χ0v) is 11.8. The van der Waals surface area contributed by atoms with Gasteiger partial charge >= 0.3 is 0 Å². The topological polar surface area (TPSA) is 63.2 Å². The molecular weight excluding hydrogens is 273 g/mol. The van der Waals surface area contributed by atoms with Crippen LogP contribution < -0.4 is 15.4 Å². The summed E-state index contributed by atoms with van der Waals surface area (Å²) in [5.74, 6) is 0.0966. The van der Waals surface area contributed by atoms with Crippen LogP contribution in [-0.2, 0) is 6.54 Å². The fourth-order valence-corrected chi connectivity index (χ4v) is 1.87. The van der Waals surface area contributed by atoms with Crippen molar-refractivity contribution in [1.29, 1.82) is 0 Å². The van der Waals surface area contributed by atoms with Crippen LogP contribution in [0, 0.1) is 5.82 Å². The molecule has 0 spiro atoms. The van der Waals surface area contributed by atoms with Crippen molar-refractivity contribution >= 4 is 11.7 Å². The van der Waals surface area contributed by atoms with Gasteiger partial charge in [0.1, 0.15) is 17.4 Å². The lowest BCUT2D eigenvalue weighted by atomic mass is 10.2. The Morgan fingerprint density at radius 2 is 2.19 bits per heavy atom. The maximum atomic E-state index is 13.2. The Bertz CT molecular complexity index is 647. The molecule has 110 valence electrons. The Morgan fingerprint density at radius 3 is 2.90 bits per heavy atom. The van der Waals surface area contributed by atoms with E-state index < -0.39 is 11.7 Å². The minimum absolute atomic E-state index is 0.167. The smallest absolute Gasteiger partial charge is 0.255 e. The van der Waals surface area contributed by atoms with E-state index in [9.17, 15) is 9.18 Å². The van der Waals surface area contributed by atoms with Crippen molar-refractivity contribution in [3.63, 3.8) is 0 Å². The van der Waals surface area contributed by atoms with Crippen LogP contribution in [-0.4, -0.2) is 25.0 Å². The summed E-state index contributed by atoms with van der Waals surface area (Å²) in [7, 11) is 3.20. The maximum absolute atomic E-state index is 13.2. The third kappa shape index (κ3) is 3.68. The summed E-state index contributed by atoms with van der Waals surface area (Å²) in [5, 5.41) is 5.49. The van der Waals surface area contributed by atoms with E-state index in [4.69, 9.17) is 4.74 Å². The van der Waals surface area contributed by atoms with Gasteiger partial charge in [-0.3, -0.25) is 4.79 Å². The average molecular weight is 289 g/mol. The number of benzene rings is 1. The van der Waals surface area contributed by atoms with Crippen molar-refractivity contribution in [2.24, 2.45) is 0 Å². The summed E-state index contributed by atoms with van der Waals surface area (Å²) in [6.45, 7) is 0.315. The first kappa shape index (κ1) is 14.8. The van der Waals surface area contributed by atoms with Crippen LogP contribution in [0.1, 0.15) is 15.9 Å². The second-order valence-corrected chi connectivity index (χ2v) is 4.33. The van der Waals surface area contributed by atoms with Gasteiger partial charge in [0.05, 0.1) is 18.9 Å². The first-order valence-corrected chi connectivity index (χ1v) is 6.38. The lowest BCUT2D eigenvalue weighted by molar-refractivity contribution is 0.0951. The summed E-state index contributed by atoms with van der Waals surface area (Å²) >= 11 is 0. The molecule has 0 saturated heterocycles. The number of hydrogen-bond donors (Lipinski definition) is 2. The van der Waals surface area contributed by atoms with E-state index in [0.29, 0.717) is 18.1 Å². The van der Waals surface area contributed by atoms with Crippen LogP contribution in [0.25, 0.3) is 0 Å². The molecule has 0 bridgehead atoms. The Kier molecular flexibility index (Phi) is 4.71.